The first-order valence-electron chi connectivity index (χ1n) is 7.79. The molecule has 1 heterocycles. The molecule has 0 aliphatic carbocycles. The summed E-state index contributed by atoms with van der Waals surface area (Å²) in [5.41, 5.74) is 0.580. The number of amides is 1. The van der Waals surface area contributed by atoms with E-state index in [0.29, 0.717) is 11.3 Å². The average molecular weight is 369 g/mol. The highest BCUT2D eigenvalue weighted by atomic mass is 16.5. The van der Waals surface area contributed by atoms with Gasteiger partial charge in [0.1, 0.15) is 17.1 Å². The first-order chi connectivity index (χ1) is 13.1. The molecular formula is C18H15N3O6. The van der Waals surface area contributed by atoms with Gasteiger partial charge in [0, 0.05) is 5.56 Å². The Balaban J connectivity index is 1.57. The molecule has 0 saturated carbocycles. The number of benzene rings is 2. The van der Waals surface area contributed by atoms with Crippen molar-refractivity contribution in [3.63, 3.8) is 0 Å². The summed E-state index contributed by atoms with van der Waals surface area (Å²) in [4.78, 5) is 23.9. The van der Waals surface area contributed by atoms with Gasteiger partial charge >= 0.3 is 12.0 Å². The van der Waals surface area contributed by atoms with Crippen LogP contribution in [-0.2, 0) is 9.53 Å². The van der Waals surface area contributed by atoms with Crippen LogP contribution in [0.3, 0.4) is 0 Å². The Bertz CT molecular complexity index is 955. The largest absolute Gasteiger partial charge is 0.507 e. The van der Waals surface area contributed by atoms with Gasteiger partial charge < -0.3 is 19.0 Å². The molecule has 0 spiro atoms. The third kappa shape index (κ3) is 4.40. The van der Waals surface area contributed by atoms with Gasteiger partial charge in [-0.15, -0.1) is 5.10 Å². The van der Waals surface area contributed by atoms with Crippen molar-refractivity contribution in [3.8, 4) is 23.0 Å². The van der Waals surface area contributed by atoms with E-state index >= 15 is 0 Å². The van der Waals surface area contributed by atoms with E-state index in [9.17, 15) is 14.7 Å². The second kappa shape index (κ2) is 8.00. The van der Waals surface area contributed by atoms with E-state index < -0.39 is 18.5 Å². The van der Waals surface area contributed by atoms with Crippen LogP contribution in [0.5, 0.6) is 11.5 Å². The third-order valence-electron chi connectivity index (χ3n) is 3.45. The van der Waals surface area contributed by atoms with Crippen molar-refractivity contribution in [2.45, 2.75) is 0 Å². The Morgan fingerprint density at radius 1 is 1.15 bits per heavy atom. The zero-order chi connectivity index (χ0) is 19.2. The van der Waals surface area contributed by atoms with E-state index in [1.54, 1.807) is 12.1 Å². The van der Waals surface area contributed by atoms with E-state index in [-0.39, 0.29) is 23.2 Å². The fourth-order valence-corrected chi connectivity index (χ4v) is 2.14. The monoisotopic (exact) mass is 369 g/mol. The Kier molecular flexibility index (Phi) is 5.31. The van der Waals surface area contributed by atoms with Gasteiger partial charge in [0.25, 0.3) is 5.91 Å². The SMILES string of the molecule is COc1ccc(O)c(C(=O)OCC(=O)Nc2nnc(-c3ccccc3)o2)c1. The lowest BCUT2D eigenvalue weighted by molar-refractivity contribution is -0.119. The Morgan fingerprint density at radius 2 is 1.93 bits per heavy atom. The topological polar surface area (TPSA) is 124 Å². The fraction of sp³-hybridized carbons (Fsp3) is 0.111. The molecule has 2 aromatic carbocycles. The third-order valence-corrected chi connectivity index (χ3v) is 3.45. The molecule has 9 nitrogen and oxygen atoms in total. The van der Waals surface area contributed by atoms with Crippen LogP contribution in [0, 0.1) is 0 Å². The minimum atomic E-state index is -0.878. The van der Waals surface area contributed by atoms with Crippen molar-refractivity contribution in [2.75, 3.05) is 19.0 Å². The number of phenols is 1. The first kappa shape index (κ1) is 17.9. The minimum absolute atomic E-state index is 0.119. The van der Waals surface area contributed by atoms with Gasteiger partial charge in [0.05, 0.1) is 7.11 Å². The van der Waals surface area contributed by atoms with E-state index in [2.05, 4.69) is 15.5 Å². The number of carbonyl (C=O) groups excluding carboxylic acids is 2. The van der Waals surface area contributed by atoms with Crippen molar-refractivity contribution in [1.82, 2.24) is 10.2 Å². The number of anilines is 1. The van der Waals surface area contributed by atoms with Crippen molar-refractivity contribution in [3.05, 3.63) is 54.1 Å². The molecule has 0 aliphatic heterocycles. The second-order valence-corrected chi connectivity index (χ2v) is 5.29. The number of aromatic hydroxyl groups is 1. The number of nitrogens with one attached hydrogen (secondary N) is 1. The normalized spacial score (nSPS) is 10.3. The average Bonchev–Trinajstić information content (AvgIpc) is 3.15. The van der Waals surface area contributed by atoms with Crippen LogP contribution in [0.25, 0.3) is 11.5 Å². The van der Waals surface area contributed by atoms with Crippen LogP contribution in [0.2, 0.25) is 0 Å². The number of methoxy groups -OCH3 is 1. The summed E-state index contributed by atoms with van der Waals surface area (Å²) >= 11 is 0. The first-order valence-corrected chi connectivity index (χ1v) is 7.79. The predicted octanol–water partition coefficient (Wildman–Crippen LogP) is 2.25. The van der Waals surface area contributed by atoms with Crippen molar-refractivity contribution in [1.29, 1.82) is 0 Å². The molecule has 0 saturated heterocycles. The maximum absolute atomic E-state index is 12.0. The molecule has 1 amide bonds. The van der Waals surface area contributed by atoms with Crippen molar-refractivity contribution in [2.24, 2.45) is 0 Å². The van der Waals surface area contributed by atoms with Crippen LogP contribution in [-0.4, -0.2) is 40.9 Å². The molecular weight excluding hydrogens is 354 g/mol. The van der Waals surface area contributed by atoms with Gasteiger partial charge in [-0.2, -0.15) is 0 Å². The summed E-state index contributed by atoms with van der Waals surface area (Å²) < 4.78 is 15.2. The molecule has 0 fully saturated rings. The maximum Gasteiger partial charge on any atom is 0.342 e. The summed E-state index contributed by atoms with van der Waals surface area (Å²) in [5.74, 6) is -1.23. The molecule has 0 radical (unpaired) electrons. The number of phenolic OH excluding ortho intramolecular Hbond substituents is 1. The fourth-order valence-electron chi connectivity index (χ4n) is 2.14. The highest BCUT2D eigenvalue weighted by Crippen LogP contribution is 2.23. The zero-order valence-electron chi connectivity index (χ0n) is 14.2. The molecule has 0 unspecified atom stereocenters. The van der Waals surface area contributed by atoms with Crippen molar-refractivity contribution >= 4 is 17.9 Å². The summed E-state index contributed by atoms with van der Waals surface area (Å²) in [6.45, 7) is -0.599. The molecule has 1 aromatic heterocycles. The Labute approximate surface area is 153 Å². The number of hydrogen-bond donors (Lipinski definition) is 2. The molecule has 27 heavy (non-hydrogen) atoms. The van der Waals surface area contributed by atoms with Gasteiger partial charge in [0.2, 0.25) is 5.89 Å². The van der Waals surface area contributed by atoms with E-state index in [1.165, 1.54) is 25.3 Å². The maximum atomic E-state index is 12.0. The van der Waals surface area contributed by atoms with E-state index in [1.807, 2.05) is 18.2 Å². The van der Waals surface area contributed by atoms with E-state index in [4.69, 9.17) is 13.9 Å². The van der Waals surface area contributed by atoms with Crippen molar-refractivity contribution < 1.29 is 28.6 Å². The molecule has 138 valence electrons. The minimum Gasteiger partial charge on any atom is -0.507 e. The van der Waals surface area contributed by atoms with Crippen LogP contribution in [0.4, 0.5) is 6.01 Å². The molecule has 9 heteroatoms. The number of nitrogens with zero attached hydrogens (tertiary/aromatic N) is 2. The Hall–Kier alpha value is -3.88. The molecule has 2 N–H and O–H groups in total. The Morgan fingerprint density at radius 3 is 2.67 bits per heavy atom. The van der Waals surface area contributed by atoms with Gasteiger partial charge in [-0.3, -0.25) is 10.1 Å². The molecule has 0 atom stereocenters. The lowest BCUT2D eigenvalue weighted by Gasteiger charge is -2.07. The van der Waals surface area contributed by atoms with Crippen LogP contribution >= 0.6 is 0 Å². The highest BCUT2D eigenvalue weighted by molar-refractivity contribution is 5.96. The zero-order valence-corrected chi connectivity index (χ0v) is 14.2. The number of ether oxygens (including phenoxy) is 2. The predicted molar refractivity (Wildman–Crippen MR) is 93.3 cm³/mol. The second-order valence-electron chi connectivity index (χ2n) is 5.29. The summed E-state index contributed by atoms with van der Waals surface area (Å²) in [5, 5.41) is 19.6. The van der Waals surface area contributed by atoms with Gasteiger partial charge in [0.15, 0.2) is 6.61 Å². The van der Waals surface area contributed by atoms with E-state index in [0.717, 1.165) is 0 Å². The number of carbonyl (C=O) groups is 2. The quantitative estimate of drug-likeness (QED) is 0.634. The number of hydrogen-bond acceptors (Lipinski definition) is 8. The van der Waals surface area contributed by atoms with Crippen LogP contribution in [0.15, 0.2) is 52.9 Å². The summed E-state index contributed by atoms with van der Waals surface area (Å²) in [6.07, 6.45) is 0. The van der Waals surface area contributed by atoms with Gasteiger partial charge in [-0.1, -0.05) is 23.3 Å². The van der Waals surface area contributed by atoms with Gasteiger partial charge in [-0.05, 0) is 30.3 Å². The number of rotatable bonds is 6. The highest BCUT2D eigenvalue weighted by Gasteiger charge is 2.17. The van der Waals surface area contributed by atoms with Gasteiger partial charge in [-0.25, -0.2) is 4.79 Å². The summed E-state index contributed by atoms with van der Waals surface area (Å²) in [6, 6.07) is 13.0. The molecule has 0 aliphatic rings. The van der Waals surface area contributed by atoms with Crippen LogP contribution in [0.1, 0.15) is 10.4 Å². The lowest BCUT2D eigenvalue weighted by Crippen LogP contribution is -2.21. The van der Waals surface area contributed by atoms with Crippen LogP contribution < -0.4 is 10.1 Å². The number of aromatic nitrogens is 2. The molecule has 3 aromatic rings. The molecule has 0 bridgehead atoms. The molecule has 3 rings (SSSR count). The lowest BCUT2D eigenvalue weighted by atomic mass is 10.2. The standard InChI is InChI=1S/C18H15N3O6/c1-25-12-7-8-14(22)13(9-12)17(24)26-10-15(23)19-18-21-20-16(27-18)11-5-3-2-4-6-11/h2-9,22H,10H2,1H3,(H,19,21,23). The smallest absolute Gasteiger partial charge is 0.342 e. The number of esters is 1. The summed E-state index contributed by atoms with van der Waals surface area (Å²) in [7, 11) is 1.42.